The van der Waals surface area contributed by atoms with E-state index in [1.54, 1.807) is 11.9 Å². The number of rotatable bonds is 2. The Kier molecular flexibility index (Phi) is 3.15. The Morgan fingerprint density at radius 3 is 2.54 bits per heavy atom. The van der Waals surface area contributed by atoms with Gasteiger partial charge < -0.3 is 5.11 Å². The quantitative estimate of drug-likeness (QED) is 0.706. The molecule has 0 saturated carbocycles. The molecule has 2 atom stereocenters. The van der Waals surface area contributed by atoms with Crippen LogP contribution in [0.5, 0.6) is 0 Å². The Bertz CT molecular complexity index is 174. The van der Waals surface area contributed by atoms with Gasteiger partial charge in [0.25, 0.3) is 0 Å². The fourth-order valence-electron chi connectivity index (χ4n) is 1.52. The largest absolute Gasteiger partial charge is 0.522 e. The van der Waals surface area contributed by atoms with Crippen molar-refractivity contribution in [2.45, 2.75) is 24.9 Å². The maximum atomic E-state index is 11.8. The van der Waals surface area contributed by atoms with E-state index in [9.17, 15) is 13.2 Å². The molecule has 0 bridgehead atoms. The number of nitrogens with zero attached hydrogens (tertiary/aromatic N) is 1. The van der Waals surface area contributed by atoms with Gasteiger partial charge in [0.05, 0.1) is 12.7 Å². The molecule has 6 heteroatoms. The molecule has 1 N–H and O–H groups in total. The lowest BCUT2D eigenvalue weighted by molar-refractivity contribution is -0.340. The first-order valence-corrected chi connectivity index (χ1v) is 3.98. The highest BCUT2D eigenvalue weighted by molar-refractivity contribution is 4.83. The SMILES string of the molecule is CN1C[C@@H](OC(F)(F)F)C[C@H]1CO. The van der Waals surface area contributed by atoms with Crippen molar-refractivity contribution < 1.29 is 23.0 Å². The monoisotopic (exact) mass is 199 g/mol. The van der Waals surface area contributed by atoms with Crippen molar-refractivity contribution in [2.24, 2.45) is 0 Å². The third-order valence-corrected chi connectivity index (χ3v) is 2.16. The maximum Gasteiger partial charge on any atom is 0.522 e. The molecule has 1 aliphatic heterocycles. The summed E-state index contributed by atoms with van der Waals surface area (Å²) in [5, 5.41) is 8.77. The van der Waals surface area contributed by atoms with Gasteiger partial charge in [-0.05, 0) is 13.5 Å². The highest BCUT2D eigenvalue weighted by Crippen LogP contribution is 2.25. The number of likely N-dealkylation sites (tertiary alicyclic amines) is 1. The van der Waals surface area contributed by atoms with E-state index in [-0.39, 0.29) is 25.6 Å². The van der Waals surface area contributed by atoms with E-state index in [1.807, 2.05) is 0 Å². The van der Waals surface area contributed by atoms with E-state index >= 15 is 0 Å². The van der Waals surface area contributed by atoms with Gasteiger partial charge in [0.15, 0.2) is 0 Å². The fraction of sp³-hybridized carbons (Fsp3) is 1.00. The molecule has 0 radical (unpaired) electrons. The molecule has 3 nitrogen and oxygen atoms in total. The predicted molar refractivity (Wildman–Crippen MR) is 39.0 cm³/mol. The summed E-state index contributed by atoms with van der Waals surface area (Å²) < 4.78 is 39.1. The zero-order valence-electron chi connectivity index (χ0n) is 7.21. The van der Waals surface area contributed by atoms with Gasteiger partial charge in [-0.2, -0.15) is 0 Å². The summed E-state index contributed by atoms with van der Waals surface area (Å²) in [6.45, 7) is 0.0823. The topological polar surface area (TPSA) is 32.7 Å². The van der Waals surface area contributed by atoms with E-state index in [1.165, 1.54) is 0 Å². The van der Waals surface area contributed by atoms with Crippen LogP contribution >= 0.6 is 0 Å². The van der Waals surface area contributed by atoms with E-state index in [2.05, 4.69) is 4.74 Å². The average molecular weight is 199 g/mol. The molecule has 1 aliphatic rings. The van der Waals surface area contributed by atoms with Crippen LogP contribution in [0.1, 0.15) is 6.42 Å². The highest BCUT2D eigenvalue weighted by atomic mass is 19.4. The molecule has 0 aromatic carbocycles. The lowest BCUT2D eigenvalue weighted by Gasteiger charge is -2.15. The van der Waals surface area contributed by atoms with Crippen LogP contribution in [0.25, 0.3) is 0 Å². The van der Waals surface area contributed by atoms with Gasteiger partial charge in [0.1, 0.15) is 0 Å². The lowest BCUT2D eigenvalue weighted by Crippen LogP contribution is -2.28. The summed E-state index contributed by atoms with van der Waals surface area (Å²) >= 11 is 0. The molecular formula is C7H12F3NO2. The van der Waals surface area contributed by atoms with Crippen molar-refractivity contribution in [3.05, 3.63) is 0 Å². The van der Waals surface area contributed by atoms with Crippen molar-refractivity contribution in [1.29, 1.82) is 0 Å². The average Bonchev–Trinajstić information content (AvgIpc) is 2.26. The minimum absolute atomic E-state index is 0.131. The Labute approximate surface area is 74.1 Å². The summed E-state index contributed by atoms with van der Waals surface area (Å²) in [7, 11) is 1.67. The number of ether oxygens (including phenoxy) is 1. The Morgan fingerprint density at radius 1 is 1.54 bits per heavy atom. The van der Waals surface area contributed by atoms with E-state index in [0.717, 1.165) is 0 Å². The van der Waals surface area contributed by atoms with Gasteiger partial charge in [-0.25, -0.2) is 0 Å². The maximum absolute atomic E-state index is 11.8. The van der Waals surface area contributed by atoms with Crippen LogP contribution in [-0.4, -0.2) is 48.7 Å². The molecule has 1 fully saturated rings. The number of alkyl halides is 3. The first kappa shape index (κ1) is 10.7. The number of halogens is 3. The summed E-state index contributed by atoms with van der Waals surface area (Å²) in [6, 6.07) is -0.215. The Hall–Kier alpha value is -0.330. The normalized spacial score (nSPS) is 31.2. The Balaban J connectivity index is 2.40. The van der Waals surface area contributed by atoms with Crippen molar-refractivity contribution in [3.63, 3.8) is 0 Å². The molecule has 13 heavy (non-hydrogen) atoms. The fourth-order valence-corrected chi connectivity index (χ4v) is 1.52. The molecule has 1 rings (SSSR count). The van der Waals surface area contributed by atoms with Gasteiger partial charge >= 0.3 is 6.36 Å². The standard InChI is InChI=1S/C7H12F3NO2/c1-11-3-6(2-5(11)4-12)13-7(8,9)10/h5-6,12H,2-4H2,1H3/t5-,6-/m0/s1. The van der Waals surface area contributed by atoms with E-state index in [0.29, 0.717) is 0 Å². The second-order valence-corrected chi connectivity index (χ2v) is 3.20. The third kappa shape index (κ3) is 3.13. The summed E-state index contributed by atoms with van der Waals surface area (Å²) in [4.78, 5) is 1.66. The zero-order valence-corrected chi connectivity index (χ0v) is 7.21. The second-order valence-electron chi connectivity index (χ2n) is 3.20. The van der Waals surface area contributed by atoms with Crippen LogP contribution in [0.2, 0.25) is 0 Å². The zero-order chi connectivity index (χ0) is 10.1. The summed E-state index contributed by atoms with van der Waals surface area (Å²) in [5.74, 6) is 0. The number of aliphatic hydroxyl groups is 1. The highest BCUT2D eigenvalue weighted by Gasteiger charge is 2.38. The molecule has 1 heterocycles. The van der Waals surface area contributed by atoms with Crippen LogP contribution in [0, 0.1) is 0 Å². The smallest absolute Gasteiger partial charge is 0.395 e. The first-order chi connectivity index (χ1) is 5.92. The van der Waals surface area contributed by atoms with Gasteiger partial charge in [-0.15, -0.1) is 13.2 Å². The molecule has 1 saturated heterocycles. The first-order valence-electron chi connectivity index (χ1n) is 3.98. The Morgan fingerprint density at radius 2 is 2.15 bits per heavy atom. The molecule has 78 valence electrons. The van der Waals surface area contributed by atoms with Crippen molar-refractivity contribution in [3.8, 4) is 0 Å². The van der Waals surface area contributed by atoms with Gasteiger partial charge in [-0.3, -0.25) is 9.64 Å². The third-order valence-electron chi connectivity index (χ3n) is 2.16. The van der Waals surface area contributed by atoms with E-state index < -0.39 is 12.5 Å². The molecule has 0 aromatic rings. The van der Waals surface area contributed by atoms with Crippen molar-refractivity contribution >= 4 is 0 Å². The number of hydrogen-bond acceptors (Lipinski definition) is 3. The van der Waals surface area contributed by atoms with E-state index in [4.69, 9.17) is 5.11 Å². The second kappa shape index (κ2) is 3.81. The molecular weight excluding hydrogens is 187 g/mol. The van der Waals surface area contributed by atoms with Crippen molar-refractivity contribution in [1.82, 2.24) is 4.90 Å². The number of likely N-dealkylation sites (N-methyl/N-ethyl adjacent to an activating group) is 1. The van der Waals surface area contributed by atoms with Gasteiger partial charge in [0.2, 0.25) is 0 Å². The predicted octanol–water partition coefficient (Wildman–Crippen LogP) is 0.588. The van der Waals surface area contributed by atoms with Crippen LogP contribution in [0.3, 0.4) is 0 Å². The minimum Gasteiger partial charge on any atom is -0.395 e. The molecule has 0 unspecified atom stereocenters. The molecule has 0 amide bonds. The number of hydrogen-bond donors (Lipinski definition) is 1. The van der Waals surface area contributed by atoms with Crippen LogP contribution in [0.15, 0.2) is 0 Å². The van der Waals surface area contributed by atoms with Crippen LogP contribution in [-0.2, 0) is 4.74 Å². The molecule has 0 spiro atoms. The summed E-state index contributed by atoms with van der Waals surface area (Å²) in [5.41, 5.74) is 0. The van der Waals surface area contributed by atoms with Crippen molar-refractivity contribution in [2.75, 3.05) is 20.2 Å². The van der Waals surface area contributed by atoms with Gasteiger partial charge in [-0.1, -0.05) is 0 Å². The molecule has 0 aliphatic carbocycles. The molecule has 0 aromatic heterocycles. The minimum atomic E-state index is -4.57. The van der Waals surface area contributed by atoms with Crippen LogP contribution in [0.4, 0.5) is 13.2 Å². The summed E-state index contributed by atoms with van der Waals surface area (Å²) in [6.07, 6.45) is -5.19. The van der Waals surface area contributed by atoms with Crippen LogP contribution < -0.4 is 0 Å². The van der Waals surface area contributed by atoms with Gasteiger partial charge in [0, 0.05) is 12.6 Å². The lowest BCUT2D eigenvalue weighted by atomic mass is 10.2. The number of aliphatic hydroxyl groups excluding tert-OH is 1.